The molecule has 0 saturated heterocycles. The van der Waals surface area contributed by atoms with Crippen LogP contribution in [0, 0.1) is 5.92 Å². The third kappa shape index (κ3) is 3.80. The highest BCUT2D eigenvalue weighted by Crippen LogP contribution is 2.39. The fraction of sp³-hybridized carbons (Fsp3) is 0.474. The summed E-state index contributed by atoms with van der Waals surface area (Å²) in [5, 5.41) is 2.52. The number of hydrogen-bond acceptors (Lipinski definition) is 5. The Kier molecular flexibility index (Phi) is 5.29. The van der Waals surface area contributed by atoms with Gasteiger partial charge in [0.1, 0.15) is 12.1 Å². The molecule has 1 aliphatic rings. The number of fused-ring (bicyclic) bond motifs is 1. The minimum absolute atomic E-state index is 0.177. The van der Waals surface area contributed by atoms with Crippen molar-refractivity contribution in [2.75, 3.05) is 6.54 Å². The van der Waals surface area contributed by atoms with Gasteiger partial charge in [-0.2, -0.15) is 0 Å². The van der Waals surface area contributed by atoms with Gasteiger partial charge in [0.2, 0.25) is 5.91 Å². The lowest BCUT2D eigenvalue weighted by Gasteiger charge is -2.34. The van der Waals surface area contributed by atoms with Crippen molar-refractivity contribution in [3.8, 4) is 0 Å². The van der Waals surface area contributed by atoms with Crippen LogP contribution in [-0.2, 0) is 24.5 Å². The molecule has 26 heavy (non-hydrogen) atoms. The Morgan fingerprint density at radius 2 is 1.85 bits per heavy atom. The zero-order chi connectivity index (χ0) is 19.9. The number of ether oxygens (including phenoxy) is 1. The van der Waals surface area contributed by atoms with Gasteiger partial charge in [0, 0.05) is 5.56 Å². The van der Waals surface area contributed by atoms with E-state index in [1.807, 2.05) is 0 Å². The third-order valence-corrected chi connectivity index (χ3v) is 4.48. The van der Waals surface area contributed by atoms with Gasteiger partial charge < -0.3 is 10.1 Å². The van der Waals surface area contributed by atoms with Crippen LogP contribution < -0.4 is 5.32 Å². The van der Waals surface area contributed by atoms with Crippen molar-refractivity contribution in [3.63, 3.8) is 0 Å². The minimum atomic E-state index is -1.54. The second-order valence-corrected chi connectivity index (χ2v) is 8.16. The van der Waals surface area contributed by atoms with E-state index in [2.05, 4.69) is 5.32 Å². The highest BCUT2D eigenvalue weighted by molar-refractivity contribution is 6.38. The number of rotatable bonds is 3. The summed E-state index contributed by atoms with van der Waals surface area (Å²) < 4.78 is 5.10. The molecule has 7 heteroatoms. The number of esters is 1. The maximum Gasteiger partial charge on any atom is 0.325 e. The van der Waals surface area contributed by atoms with E-state index < -0.39 is 46.9 Å². The van der Waals surface area contributed by atoms with Crippen molar-refractivity contribution >= 4 is 35.0 Å². The first-order valence-electron chi connectivity index (χ1n) is 8.23. The molecule has 0 heterocycles. The van der Waals surface area contributed by atoms with E-state index in [0.29, 0.717) is 5.56 Å². The van der Waals surface area contributed by atoms with Crippen LogP contribution in [0.25, 0.3) is 0 Å². The Bertz CT molecular complexity index is 792. The molecule has 0 aliphatic heterocycles. The van der Waals surface area contributed by atoms with Gasteiger partial charge in [-0.25, -0.2) is 0 Å². The largest absolute Gasteiger partial charge is 0.459 e. The molecular formula is C19H22ClNO5. The fourth-order valence-corrected chi connectivity index (χ4v) is 3.20. The predicted molar refractivity (Wildman–Crippen MR) is 96.2 cm³/mol. The zero-order valence-electron chi connectivity index (χ0n) is 15.4. The lowest BCUT2D eigenvalue weighted by molar-refractivity contribution is -0.155. The summed E-state index contributed by atoms with van der Waals surface area (Å²) in [7, 11) is 0. The highest BCUT2D eigenvalue weighted by atomic mass is 35.5. The van der Waals surface area contributed by atoms with Gasteiger partial charge >= 0.3 is 5.97 Å². The van der Waals surface area contributed by atoms with Crippen LogP contribution in [0.2, 0.25) is 5.02 Å². The molecule has 0 fully saturated rings. The number of carbonyl (C=O) groups is 4. The number of halogens is 1. The van der Waals surface area contributed by atoms with Crippen LogP contribution in [0.5, 0.6) is 0 Å². The summed E-state index contributed by atoms with van der Waals surface area (Å²) in [5.41, 5.74) is -1.08. The average Bonchev–Trinajstić information content (AvgIpc) is 2.49. The molecule has 1 amide bonds. The molecule has 0 spiro atoms. The molecule has 1 aliphatic carbocycles. The topological polar surface area (TPSA) is 89.5 Å². The third-order valence-electron chi connectivity index (χ3n) is 4.16. The highest BCUT2D eigenvalue weighted by Gasteiger charge is 2.50. The van der Waals surface area contributed by atoms with Gasteiger partial charge in [-0.15, -0.1) is 0 Å². The number of hydrogen-bond donors (Lipinski definition) is 1. The average molecular weight is 380 g/mol. The summed E-state index contributed by atoms with van der Waals surface area (Å²) in [6.07, 6.45) is 0. The summed E-state index contributed by atoms with van der Waals surface area (Å²) in [6.45, 7) is 7.95. The van der Waals surface area contributed by atoms with E-state index in [0.717, 1.165) is 0 Å². The minimum Gasteiger partial charge on any atom is -0.459 e. The summed E-state index contributed by atoms with van der Waals surface area (Å²) in [5.74, 6) is -4.21. The first-order valence-corrected chi connectivity index (χ1v) is 8.61. The molecule has 1 aromatic carbocycles. The number of ketones is 2. The van der Waals surface area contributed by atoms with E-state index in [1.165, 1.54) is 0 Å². The van der Waals surface area contributed by atoms with Crippen LogP contribution in [0.1, 0.15) is 50.5 Å². The number of benzene rings is 1. The number of nitrogens with one attached hydrogen (secondary N) is 1. The van der Waals surface area contributed by atoms with E-state index in [9.17, 15) is 19.2 Å². The first-order chi connectivity index (χ1) is 11.9. The summed E-state index contributed by atoms with van der Waals surface area (Å²) >= 11 is 6.14. The first kappa shape index (κ1) is 20.1. The van der Waals surface area contributed by atoms with Gasteiger partial charge in [-0.3, -0.25) is 19.2 Å². The summed E-state index contributed by atoms with van der Waals surface area (Å²) in [6, 6.07) is 4.86. The van der Waals surface area contributed by atoms with E-state index >= 15 is 0 Å². The lowest BCUT2D eigenvalue weighted by Crippen LogP contribution is -2.52. The van der Waals surface area contributed by atoms with E-state index in [-0.39, 0.29) is 10.6 Å². The predicted octanol–water partition coefficient (Wildman–Crippen LogP) is 2.46. The Balaban J connectivity index is 2.26. The molecule has 0 saturated carbocycles. The standard InChI is InChI=1S/C19H22ClNO5/c1-18(2,3)26-12(22)9-21-17(25)14-15(23)13-10(7-6-8-11(13)20)19(4,5)16(14)24/h6-8,14H,9H2,1-5H3,(H,21,25). The van der Waals surface area contributed by atoms with Gasteiger partial charge in [0.25, 0.3) is 0 Å². The molecular weight excluding hydrogens is 358 g/mol. The van der Waals surface area contributed by atoms with Crippen LogP contribution in [0.4, 0.5) is 0 Å². The van der Waals surface area contributed by atoms with Crippen molar-refractivity contribution in [2.24, 2.45) is 5.92 Å². The maximum atomic E-state index is 12.8. The monoisotopic (exact) mass is 379 g/mol. The Morgan fingerprint density at radius 3 is 2.42 bits per heavy atom. The van der Waals surface area contributed by atoms with Crippen molar-refractivity contribution in [1.29, 1.82) is 0 Å². The SMILES string of the molecule is CC(C)(C)OC(=O)CNC(=O)C1C(=O)c2c(Cl)cccc2C(C)(C)C1=O. The molecule has 0 bridgehead atoms. The quantitative estimate of drug-likeness (QED) is 0.643. The van der Waals surface area contributed by atoms with Crippen molar-refractivity contribution in [1.82, 2.24) is 5.32 Å². The van der Waals surface area contributed by atoms with Gasteiger partial charge in [0.05, 0.1) is 10.4 Å². The van der Waals surface area contributed by atoms with Crippen LogP contribution in [-0.4, -0.2) is 35.6 Å². The van der Waals surface area contributed by atoms with Gasteiger partial charge in [0.15, 0.2) is 17.5 Å². The number of Topliss-reactive ketones (excluding diaryl/α,β-unsaturated/α-hetero) is 2. The normalized spacial score (nSPS) is 18.9. The van der Waals surface area contributed by atoms with Crippen LogP contribution >= 0.6 is 11.6 Å². The van der Waals surface area contributed by atoms with Gasteiger partial charge in [-0.05, 0) is 46.2 Å². The van der Waals surface area contributed by atoms with Crippen LogP contribution in [0.3, 0.4) is 0 Å². The molecule has 2 rings (SSSR count). The molecule has 1 aromatic rings. The van der Waals surface area contributed by atoms with Gasteiger partial charge in [-0.1, -0.05) is 23.7 Å². The molecule has 0 aromatic heterocycles. The van der Waals surface area contributed by atoms with E-state index in [1.54, 1.807) is 52.8 Å². The molecule has 1 unspecified atom stereocenters. The second-order valence-electron chi connectivity index (χ2n) is 7.75. The number of amides is 1. The smallest absolute Gasteiger partial charge is 0.325 e. The molecule has 0 radical (unpaired) electrons. The Morgan fingerprint density at radius 1 is 1.23 bits per heavy atom. The van der Waals surface area contributed by atoms with Crippen molar-refractivity contribution in [2.45, 2.75) is 45.6 Å². The Hall–Kier alpha value is -2.21. The molecule has 6 nitrogen and oxygen atoms in total. The second kappa shape index (κ2) is 6.83. The molecule has 140 valence electrons. The maximum absolute atomic E-state index is 12.8. The molecule has 1 N–H and O–H groups in total. The summed E-state index contributed by atoms with van der Waals surface area (Å²) in [4.78, 5) is 49.8. The zero-order valence-corrected chi connectivity index (χ0v) is 16.2. The fourth-order valence-electron chi connectivity index (χ4n) is 2.93. The van der Waals surface area contributed by atoms with Crippen LogP contribution in [0.15, 0.2) is 18.2 Å². The van der Waals surface area contributed by atoms with Crippen molar-refractivity contribution in [3.05, 3.63) is 34.3 Å². The Labute approximate surface area is 157 Å². The molecule has 1 atom stereocenters. The van der Waals surface area contributed by atoms with E-state index in [4.69, 9.17) is 16.3 Å². The lowest BCUT2D eigenvalue weighted by atomic mass is 9.66. The number of carbonyl (C=O) groups excluding carboxylic acids is 4. The van der Waals surface area contributed by atoms with Crippen molar-refractivity contribution < 1.29 is 23.9 Å².